The zero-order valence-corrected chi connectivity index (χ0v) is 12.3. The number of aliphatic carboxylic acids is 1. The molecule has 6 nitrogen and oxygen atoms in total. The quantitative estimate of drug-likeness (QED) is 0.659. The lowest BCUT2D eigenvalue weighted by Crippen LogP contribution is -2.30. The molecular weight excluding hydrogens is 272 g/mol. The lowest BCUT2D eigenvalue weighted by atomic mass is 9.90. The number of hydrogen-bond acceptors (Lipinski definition) is 5. The van der Waals surface area contributed by atoms with E-state index in [9.17, 15) is 9.90 Å². The Bertz CT molecular complexity index is 463. The predicted molar refractivity (Wildman–Crippen MR) is 78.0 cm³/mol. The molecule has 6 heteroatoms. The van der Waals surface area contributed by atoms with Crippen LogP contribution in [0.15, 0.2) is 24.3 Å². The van der Waals surface area contributed by atoms with Gasteiger partial charge in [-0.1, -0.05) is 12.1 Å². The smallest absolute Gasteiger partial charge is 0.310 e. The maximum absolute atomic E-state index is 11.3. The van der Waals surface area contributed by atoms with Crippen LogP contribution in [0.25, 0.3) is 0 Å². The van der Waals surface area contributed by atoms with Gasteiger partial charge in [0.15, 0.2) is 0 Å². The maximum Gasteiger partial charge on any atom is 0.310 e. The highest BCUT2D eigenvalue weighted by Crippen LogP contribution is 2.29. The van der Waals surface area contributed by atoms with Crippen LogP contribution in [-0.2, 0) is 9.53 Å². The van der Waals surface area contributed by atoms with E-state index in [4.69, 9.17) is 9.47 Å². The Morgan fingerprint density at radius 1 is 1.24 bits per heavy atom. The van der Waals surface area contributed by atoms with Crippen LogP contribution in [0, 0.1) is 5.92 Å². The van der Waals surface area contributed by atoms with E-state index in [2.05, 4.69) is 10.9 Å². The topological polar surface area (TPSA) is 79.8 Å². The van der Waals surface area contributed by atoms with Gasteiger partial charge in [-0.2, -0.15) is 0 Å². The Morgan fingerprint density at radius 3 is 2.57 bits per heavy atom. The summed E-state index contributed by atoms with van der Waals surface area (Å²) >= 11 is 0. The van der Waals surface area contributed by atoms with Crippen LogP contribution >= 0.6 is 0 Å². The van der Waals surface area contributed by atoms with Crippen molar-refractivity contribution in [1.82, 2.24) is 10.9 Å². The van der Waals surface area contributed by atoms with Gasteiger partial charge >= 0.3 is 5.97 Å². The van der Waals surface area contributed by atoms with E-state index in [1.165, 1.54) is 0 Å². The van der Waals surface area contributed by atoms with Crippen LogP contribution in [0.4, 0.5) is 0 Å². The highest BCUT2D eigenvalue weighted by Gasteiger charge is 2.39. The fraction of sp³-hybridized carbons (Fsp3) is 0.533. The minimum absolute atomic E-state index is 0.116. The third-order valence-electron chi connectivity index (χ3n) is 3.59. The number of benzene rings is 1. The molecule has 0 amide bonds. The Balaban J connectivity index is 1.97. The normalized spacial score (nSPS) is 25.0. The number of carboxylic acid groups (broad SMARTS) is 1. The number of ether oxygens (including phenoxy) is 2. The number of hydrazine groups is 1. The third kappa shape index (κ3) is 3.93. The molecule has 3 N–H and O–H groups in total. The van der Waals surface area contributed by atoms with Crippen LogP contribution in [0.1, 0.15) is 25.5 Å². The van der Waals surface area contributed by atoms with Gasteiger partial charge in [-0.05, 0) is 31.5 Å². The van der Waals surface area contributed by atoms with E-state index < -0.39 is 11.9 Å². The summed E-state index contributed by atoms with van der Waals surface area (Å²) in [5.74, 6) is -0.541. The molecule has 1 aliphatic heterocycles. The number of carbonyl (C=O) groups is 1. The van der Waals surface area contributed by atoms with Gasteiger partial charge in [0.25, 0.3) is 0 Å². The van der Waals surface area contributed by atoms with Crippen molar-refractivity contribution >= 4 is 5.97 Å². The van der Waals surface area contributed by atoms with E-state index in [0.717, 1.165) is 11.3 Å². The van der Waals surface area contributed by atoms with E-state index in [0.29, 0.717) is 19.8 Å². The van der Waals surface area contributed by atoms with Gasteiger partial charge in [0, 0.05) is 12.6 Å². The Morgan fingerprint density at radius 2 is 1.95 bits per heavy atom. The molecular formula is C15H22N2O4. The van der Waals surface area contributed by atoms with Crippen molar-refractivity contribution in [3.63, 3.8) is 0 Å². The fourth-order valence-electron chi connectivity index (χ4n) is 2.47. The molecule has 0 aromatic heterocycles. The lowest BCUT2D eigenvalue weighted by molar-refractivity contribution is -0.142. The largest absolute Gasteiger partial charge is 0.491 e. The van der Waals surface area contributed by atoms with Crippen LogP contribution in [-0.4, -0.2) is 36.9 Å². The predicted octanol–water partition coefficient (Wildman–Crippen LogP) is 1.34. The zero-order chi connectivity index (χ0) is 15.2. The highest BCUT2D eigenvalue weighted by molar-refractivity contribution is 5.72. The average molecular weight is 294 g/mol. The summed E-state index contributed by atoms with van der Waals surface area (Å²) in [6.45, 7) is 5.54. The average Bonchev–Trinajstić information content (AvgIpc) is 2.86. The van der Waals surface area contributed by atoms with Crippen molar-refractivity contribution in [3.05, 3.63) is 29.8 Å². The van der Waals surface area contributed by atoms with Gasteiger partial charge in [-0.15, -0.1) is 0 Å². The summed E-state index contributed by atoms with van der Waals surface area (Å²) in [6, 6.07) is 7.13. The Hall–Kier alpha value is -1.63. The second-order valence-corrected chi connectivity index (χ2v) is 5.03. The van der Waals surface area contributed by atoms with Crippen LogP contribution < -0.4 is 15.6 Å². The fourth-order valence-corrected chi connectivity index (χ4v) is 2.47. The second kappa shape index (κ2) is 7.40. The van der Waals surface area contributed by atoms with Gasteiger partial charge in [0.1, 0.15) is 12.4 Å². The van der Waals surface area contributed by atoms with Gasteiger partial charge in [-0.25, -0.2) is 5.43 Å². The molecule has 1 saturated heterocycles. The standard InChI is InChI=1S/C15H22N2O4/c1-3-20-8-9-21-12-6-4-11(5-7-12)14-13(15(18)19)10(2)16-17-14/h4-7,10,13-14,16-17H,3,8-9H2,1-2H3,(H,18,19). The van der Waals surface area contributed by atoms with Crippen LogP contribution in [0.5, 0.6) is 5.75 Å². The van der Waals surface area contributed by atoms with Crippen LogP contribution in [0.3, 0.4) is 0 Å². The summed E-state index contributed by atoms with van der Waals surface area (Å²) < 4.78 is 10.7. The van der Waals surface area contributed by atoms with E-state index in [1.54, 1.807) is 0 Å². The number of rotatable bonds is 7. The third-order valence-corrected chi connectivity index (χ3v) is 3.59. The molecule has 0 spiro atoms. The van der Waals surface area contributed by atoms with Crippen molar-refractivity contribution in [1.29, 1.82) is 0 Å². The first kappa shape index (κ1) is 15.8. The minimum atomic E-state index is -0.804. The molecule has 1 aromatic carbocycles. The summed E-state index contributed by atoms with van der Waals surface area (Å²) in [5.41, 5.74) is 6.95. The van der Waals surface area contributed by atoms with Crippen molar-refractivity contribution in [2.75, 3.05) is 19.8 Å². The van der Waals surface area contributed by atoms with Crippen molar-refractivity contribution < 1.29 is 19.4 Å². The van der Waals surface area contributed by atoms with Crippen molar-refractivity contribution in [3.8, 4) is 5.75 Å². The molecule has 1 aliphatic rings. The molecule has 3 unspecified atom stereocenters. The van der Waals surface area contributed by atoms with E-state index in [-0.39, 0.29) is 12.1 Å². The Kier molecular flexibility index (Phi) is 5.55. The SMILES string of the molecule is CCOCCOc1ccc(C2NNC(C)C2C(=O)O)cc1. The molecule has 1 fully saturated rings. The molecule has 0 saturated carbocycles. The van der Waals surface area contributed by atoms with Crippen molar-refractivity contribution in [2.45, 2.75) is 25.9 Å². The summed E-state index contributed by atoms with van der Waals surface area (Å²) in [7, 11) is 0. The molecule has 3 atom stereocenters. The Labute approximate surface area is 124 Å². The monoisotopic (exact) mass is 294 g/mol. The first-order chi connectivity index (χ1) is 10.1. The molecule has 2 rings (SSSR count). The van der Waals surface area contributed by atoms with Crippen molar-refractivity contribution in [2.24, 2.45) is 5.92 Å². The van der Waals surface area contributed by atoms with Gasteiger partial charge < -0.3 is 14.6 Å². The summed E-state index contributed by atoms with van der Waals surface area (Å²) in [5, 5.41) is 9.32. The highest BCUT2D eigenvalue weighted by atomic mass is 16.5. The molecule has 0 bridgehead atoms. The number of carboxylic acids is 1. The first-order valence-electron chi connectivity index (χ1n) is 7.18. The maximum atomic E-state index is 11.3. The molecule has 0 radical (unpaired) electrons. The zero-order valence-electron chi connectivity index (χ0n) is 12.3. The molecule has 116 valence electrons. The summed E-state index contributed by atoms with van der Waals surface area (Å²) in [4.78, 5) is 11.3. The van der Waals surface area contributed by atoms with Crippen LogP contribution in [0.2, 0.25) is 0 Å². The lowest BCUT2D eigenvalue weighted by Gasteiger charge is -2.17. The molecule has 1 aromatic rings. The molecule has 21 heavy (non-hydrogen) atoms. The van der Waals surface area contributed by atoms with E-state index >= 15 is 0 Å². The van der Waals surface area contributed by atoms with E-state index in [1.807, 2.05) is 38.1 Å². The molecule has 0 aliphatic carbocycles. The molecule has 1 heterocycles. The van der Waals surface area contributed by atoms with Gasteiger partial charge in [0.2, 0.25) is 0 Å². The second-order valence-electron chi connectivity index (χ2n) is 5.03. The first-order valence-corrected chi connectivity index (χ1v) is 7.18. The summed E-state index contributed by atoms with van der Waals surface area (Å²) in [6.07, 6.45) is 0. The van der Waals surface area contributed by atoms with Gasteiger partial charge in [-0.3, -0.25) is 10.2 Å². The van der Waals surface area contributed by atoms with Gasteiger partial charge in [0.05, 0.1) is 18.6 Å². The number of hydrogen-bond donors (Lipinski definition) is 3. The minimum Gasteiger partial charge on any atom is -0.491 e. The number of nitrogens with one attached hydrogen (secondary N) is 2.